The quantitative estimate of drug-likeness (QED) is 0.472. The predicted octanol–water partition coefficient (Wildman–Crippen LogP) is 0.114. The first-order valence-electron chi connectivity index (χ1n) is 6.60. The van der Waals surface area contributed by atoms with Crippen molar-refractivity contribution < 1.29 is 23.1 Å². The lowest BCUT2D eigenvalue weighted by atomic mass is 9.87. The summed E-state index contributed by atoms with van der Waals surface area (Å²) >= 11 is 0. The van der Waals surface area contributed by atoms with Crippen LogP contribution in [0, 0.1) is 5.41 Å². The average Bonchev–Trinajstić information content (AvgIpc) is 2.19. The third-order valence-corrected chi connectivity index (χ3v) is 3.12. The van der Waals surface area contributed by atoms with Gasteiger partial charge in [-0.25, -0.2) is 17.9 Å². The van der Waals surface area contributed by atoms with Crippen molar-refractivity contribution in [3.63, 3.8) is 0 Å². The summed E-state index contributed by atoms with van der Waals surface area (Å²) in [6.07, 6.45) is 1.39. The number of nitrogens with one attached hydrogen (secondary N) is 3. The van der Waals surface area contributed by atoms with Gasteiger partial charge >= 0.3 is 12.0 Å². The van der Waals surface area contributed by atoms with Crippen LogP contribution in [0.5, 0.6) is 0 Å². The second-order valence-electron chi connectivity index (χ2n) is 6.13. The lowest BCUT2D eigenvalue weighted by Gasteiger charge is -2.25. The van der Waals surface area contributed by atoms with E-state index in [0.717, 1.165) is 6.26 Å². The van der Waals surface area contributed by atoms with Crippen LogP contribution < -0.4 is 15.4 Å². The summed E-state index contributed by atoms with van der Waals surface area (Å²) in [7, 11) is -3.28. The fraction of sp³-hybridized carbons (Fsp3) is 0.833. The zero-order valence-corrected chi connectivity index (χ0v) is 13.7. The van der Waals surface area contributed by atoms with Crippen LogP contribution in [0.1, 0.15) is 33.6 Å². The molecule has 0 fully saturated rings. The zero-order valence-electron chi connectivity index (χ0n) is 12.9. The molecule has 4 N–H and O–H groups in total. The molecule has 0 bridgehead atoms. The van der Waals surface area contributed by atoms with Crippen LogP contribution >= 0.6 is 0 Å². The Morgan fingerprint density at radius 2 is 1.76 bits per heavy atom. The summed E-state index contributed by atoms with van der Waals surface area (Å²) in [6, 6.07) is -0.994. The van der Waals surface area contributed by atoms with Crippen molar-refractivity contribution in [2.24, 2.45) is 5.41 Å². The number of carboxylic acid groups (broad SMARTS) is 1. The predicted molar refractivity (Wildman–Crippen MR) is 79.5 cm³/mol. The largest absolute Gasteiger partial charge is 0.481 e. The van der Waals surface area contributed by atoms with Gasteiger partial charge in [-0.3, -0.25) is 4.79 Å². The highest BCUT2D eigenvalue weighted by atomic mass is 32.2. The number of amides is 2. The van der Waals surface area contributed by atoms with Crippen LogP contribution in [0.3, 0.4) is 0 Å². The SMILES string of the molecule is CC(C)(C)CC(CC(=O)O)NC(=O)NCCNS(C)(=O)=O. The molecule has 9 heteroatoms. The first kappa shape index (κ1) is 19.7. The van der Waals surface area contributed by atoms with Crippen LogP contribution in [-0.4, -0.2) is 50.9 Å². The van der Waals surface area contributed by atoms with Crippen molar-refractivity contribution in [3.8, 4) is 0 Å². The molecule has 0 rings (SSSR count). The highest BCUT2D eigenvalue weighted by Crippen LogP contribution is 2.22. The number of carbonyl (C=O) groups excluding carboxylic acids is 1. The number of rotatable bonds is 8. The monoisotopic (exact) mass is 323 g/mol. The van der Waals surface area contributed by atoms with E-state index in [1.54, 1.807) is 0 Å². The van der Waals surface area contributed by atoms with Crippen LogP contribution in [0.2, 0.25) is 0 Å². The molecule has 0 aliphatic rings. The maximum Gasteiger partial charge on any atom is 0.315 e. The van der Waals surface area contributed by atoms with E-state index in [1.807, 2.05) is 20.8 Å². The minimum Gasteiger partial charge on any atom is -0.481 e. The van der Waals surface area contributed by atoms with Gasteiger partial charge in [-0.2, -0.15) is 0 Å². The van der Waals surface area contributed by atoms with E-state index >= 15 is 0 Å². The van der Waals surface area contributed by atoms with Crippen molar-refractivity contribution in [2.75, 3.05) is 19.3 Å². The molecule has 0 heterocycles. The molecule has 0 aromatic rings. The molecule has 0 saturated carbocycles. The maximum absolute atomic E-state index is 11.7. The van der Waals surface area contributed by atoms with E-state index in [-0.39, 0.29) is 24.9 Å². The topological polar surface area (TPSA) is 125 Å². The highest BCUT2D eigenvalue weighted by Gasteiger charge is 2.22. The number of aliphatic carboxylic acids is 1. The van der Waals surface area contributed by atoms with Crippen molar-refractivity contribution in [2.45, 2.75) is 39.7 Å². The van der Waals surface area contributed by atoms with Gasteiger partial charge in [0.2, 0.25) is 10.0 Å². The molecule has 1 unspecified atom stereocenters. The fourth-order valence-electron chi connectivity index (χ4n) is 1.77. The number of carboxylic acids is 1. The molecular formula is C12H25N3O5S. The van der Waals surface area contributed by atoms with Gasteiger partial charge in [0.1, 0.15) is 0 Å². The van der Waals surface area contributed by atoms with Crippen molar-refractivity contribution in [1.82, 2.24) is 15.4 Å². The Morgan fingerprint density at radius 1 is 1.19 bits per heavy atom. The molecule has 8 nitrogen and oxygen atoms in total. The average molecular weight is 323 g/mol. The van der Waals surface area contributed by atoms with Gasteiger partial charge in [-0.15, -0.1) is 0 Å². The van der Waals surface area contributed by atoms with Gasteiger partial charge < -0.3 is 15.7 Å². The summed E-state index contributed by atoms with van der Waals surface area (Å²) in [5, 5.41) is 13.9. The van der Waals surface area contributed by atoms with E-state index in [2.05, 4.69) is 15.4 Å². The van der Waals surface area contributed by atoms with Crippen LogP contribution in [0.25, 0.3) is 0 Å². The second kappa shape index (κ2) is 8.18. The van der Waals surface area contributed by atoms with E-state index in [1.165, 1.54) is 0 Å². The minimum atomic E-state index is -3.28. The third-order valence-electron chi connectivity index (χ3n) is 2.39. The Kier molecular flexibility index (Phi) is 7.65. The molecule has 0 saturated heterocycles. The zero-order chi connectivity index (χ0) is 16.7. The first-order chi connectivity index (χ1) is 9.39. The highest BCUT2D eigenvalue weighted by molar-refractivity contribution is 7.88. The van der Waals surface area contributed by atoms with Gasteiger partial charge in [-0.1, -0.05) is 20.8 Å². The Bertz CT molecular complexity index is 456. The molecule has 0 radical (unpaired) electrons. The summed E-state index contributed by atoms with van der Waals surface area (Å²) in [4.78, 5) is 22.5. The maximum atomic E-state index is 11.7. The Balaban J connectivity index is 4.24. The molecule has 1 atom stereocenters. The van der Waals surface area contributed by atoms with Crippen LogP contribution in [0.4, 0.5) is 4.79 Å². The van der Waals surface area contributed by atoms with Gasteiger partial charge in [0.05, 0.1) is 12.7 Å². The Hall–Kier alpha value is -1.35. The molecule has 2 amide bonds. The number of urea groups is 1. The summed E-state index contributed by atoms with van der Waals surface area (Å²) in [6.45, 7) is 6.07. The number of hydrogen-bond acceptors (Lipinski definition) is 4. The smallest absolute Gasteiger partial charge is 0.315 e. The van der Waals surface area contributed by atoms with Crippen molar-refractivity contribution >= 4 is 22.0 Å². The normalized spacial score (nSPS) is 13.5. The minimum absolute atomic E-state index is 0.0785. The summed E-state index contributed by atoms with van der Waals surface area (Å²) in [5.74, 6) is -0.983. The second-order valence-corrected chi connectivity index (χ2v) is 7.96. The molecule has 124 valence electrons. The standard InChI is InChI=1S/C12H25N3O5S/c1-12(2,3)8-9(7-10(16)17)15-11(18)13-5-6-14-21(4,19)20/h9,14H,5-8H2,1-4H3,(H,16,17)(H2,13,15,18). The van der Waals surface area contributed by atoms with Crippen molar-refractivity contribution in [3.05, 3.63) is 0 Å². The van der Waals surface area contributed by atoms with Gasteiger partial charge in [0.15, 0.2) is 0 Å². The number of sulfonamides is 1. The molecule has 0 aromatic heterocycles. The Morgan fingerprint density at radius 3 is 2.19 bits per heavy atom. The molecule has 0 aliphatic heterocycles. The molecule has 0 spiro atoms. The fourth-order valence-corrected chi connectivity index (χ4v) is 2.25. The van der Waals surface area contributed by atoms with E-state index < -0.39 is 28.1 Å². The van der Waals surface area contributed by atoms with Crippen molar-refractivity contribution in [1.29, 1.82) is 0 Å². The Labute approximate surface area is 125 Å². The summed E-state index contributed by atoms with van der Waals surface area (Å²) < 4.78 is 23.9. The van der Waals surface area contributed by atoms with E-state index in [9.17, 15) is 18.0 Å². The first-order valence-corrected chi connectivity index (χ1v) is 8.49. The van der Waals surface area contributed by atoms with Crippen LogP contribution in [-0.2, 0) is 14.8 Å². The lowest BCUT2D eigenvalue weighted by Crippen LogP contribution is -2.46. The lowest BCUT2D eigenvalue weighted by molar-refractivity contribution is -0.137. The molecular weight excluding hydrogens is 298 g/mol. The van der Waals surface area contributed by atoms with Crippen LogP contribution in [0.15, 0.2) is 0 Å². The summed E-state index contributed by atoms with van der Waals surface area (Å²) in [5.41, 5.74) is -0.120. The third kappa shape index (κ3) is 13.4. The van der Waals surface area contributed by atoms with Gasteiger partial charge in [0, 0.05) is 19.1 Å². The van der Waals surface area contributed by atoms with Gasteiger partial charge in [-0.05, 0) is 11.8 Å². The number of carbonyl (C=O) groups is 2. The van der Waals surface area contributed by atoms with Gasteiger partial charge in [0.25, 0.3) is 0 Å². The molecule has 0 aliphatic carbocycles. The van der Waals surface area contributed by atoms with E-state index in [4.69, 9.17) is 5.11 Å². The number of hydrogen-bond donors (Lipinski definition) is 4. The van der Waals surface area contributed by atoms with E-state index in [0.29, 0.717) is 6.42 Å². The molecule has 0 aromatic carbocycles. The molecule has 21 heavy (non-hydrogen) atoms.